The van der Waals surface area contributed by atoms with Gasteiger partial charge in [-0.15, -0.1) is 0 Å². The van der Waals surface area contributed by atoms with Crippen molar-refractivity contribution in [2.75, 3.05) is 39.3 Å². The molecule has 3 rings (SSSR count). The summed E-state index contributed by atoms with van der Waals surface area (Å²) in [5, 5.41) is 3.53. The molecule has 0 aliphatic heterocycles. The van der Waals surface area contributed by atoms with Gasteiger partial charge in [-0.25, -0.2) is 9.97 Å². The summed E-state index contributed by atoms with van der Waals surface area (Å²) in [7, 11) is 5.29. The number of carbonyl (C=O) groups is 1. The normalized spacial score (nSPS) is 10.9. The smallest absolute Gasteiger partial charge is 0.287 e. The fraction of sp³-hybridized carbons (Fsp3) is 0.423. The molecule has 0 saturated heterocycles. The topological polar surface area (TPSA) is 89.7 Å². The highest BCUT2D eigenvalue weighted by molar-refractivity contribution is 7.98. The number of nitrogens with zero attached hydrogens (tertiary/aromatic N) is 3. The minimum Gasteiger partial charge on any atom is -0.493 e. The maximum absolute atomic E-state index is 12.2. The van der Waals surface area contributed by atoms with Crippen LogP contribution in [-0.2, 0) is 12.2 Å². The molecule has 2 heterocycles. The van der Waals surface area contributed by atoms with E-state index in [4.69, 9.17) is 18.9 Å². The Morgan fingerprint density at radius 1 is 1.11 bits per heavy atom. The number of aryl methyl sites for hydroxylation is 1. The summed E-state index contributed by atoms with van der Waals surface area (Å²) in [6.45, 7) is 7.45. The van der Waals surface area contributed by atoms with Gasteiger partial charge in [0.1, 0.15) is 11.6 Å². The summed E-state index contributed by atoms with van der Waals surface area (Å²) in [4.78, 5) is 23.6. The van der Waals surface area contributed by atoms with Crippen LogP contribution >= 0.6 is 11.8 Å². The summed E-state index contributed by atoms with van der Waals surface area (Å²) in [6.07, 6.45) is 0.830. The number of furan rings is 1. The van der Waals surface area contributed by atoms with Gasteiger partial charge in [0.2, 0.25) is 0 Å². The van der Waals surface area contributed by atoms with Crippen molar-refractivity contribution >= 4 is 23.5 Å². The fourth-order valence-electron chi connectivity index (χ4n) is 3.33. The number of ether oxygens (including phenoxy) is 2. The third-order valence-electron chi connectivity index (χ3n) is 5.29. The van der Waals surface area contributed by atoms with E-state index in [2.05, 4.69) is 15.2 Å². The lowest BCUT2D eigenvalue weighted by Crippen LogP contribution is -2.26. The monoisotopic (exact) mass is 498 g/mol. The molecule has 9 heteroatoms. The number of amides is 1. The first-order valence-corrected chi connectivity index (χ1v) is 12.5. The second-order valence-electron chi connectivity index (χ2n) is 8.67. The zero-order chi connectivity index (χ0) is 25.4. The summed E-state index contributed by atoms with van der Waals surface area (Å²) in [5.41, 5.74) is 2.05. The van der Waals surface area contributed by atoms with Crippen molar-refractivity contribution in [1.82, 2.24) is 15.3 Å². The van der Waals surface area contributed by atoms with E-state index in [-0.39, 0.29) is 5.91 Å². The fourth-order valence-corrected chi connectivity index (χ4v) is 4.12. The highest BCUT2D eigenvalue weighted by Gasteiger charge is 2.13. The zero-order valence-electron chi connectivity index (χ0n) is 21.3. The lowest BCUT2D eigenvalue weighted by atomic mass is 10.1. The minimum absolute atomic E-state index is 0.194. The Bertz CT molecular complexity index is 1130. The van der Waals surface area contributed by atoms with Crippen LogP contribution in [0.4, 0.5) is 5.82 Å². The molecular weight excluding hydrogens is 464 g/mol. The Morgan fingerprint density at radius 3 is 2.60 bits per heavy atom. The maximum Gasteiger partial charge on any atom is 0.287 e. The van der Waals surface area contributed by atoms with Crippen molar-refractivity contribution in [1.29, 1.82) is 0 Å². The number of hydrogen-bond acceptors (Lipinski definition) is 8. The number of aromatic nitrogens is 2. The molecule has 0 saturated carbocycles. The zero-order valence-corrected chi connectivity index (χ0v) is 22.1. The van der Waals surface area contributed by atoms with E-state index in [1.165, 1.54) is 11.8 Å². The van der Waals surface area contributed by atoms with E-state index < -0.39 is 0 Å². The van der Waals surface area contributed by atoms with Crippen molar-refractivity contribution < 1.29 is 18.7 Å². The quantitative estimate of drug-likeness (QED) is 0.283. The molecule has 0 atom stereocenters. The van der Waals surface area contributed by atoms with Gasteiger partial charge in [-0.3, -0.25) is 4.79 Å². The molecule has 3 aromatic rings. The van der Waals surface area contributed by atoms with Gasteiger partial charge in [0, 0.05) is 31.9 Å². The standard InChI is InChI=1S/C26H34N4O4S/c1-17(2)15-27-25(31)22-10-8-20(34-22)16-35-26-28-18(3)13-24(29-26)30(4)12-11-19-7-9-21(32-5)23(14-19)33-6/h7-10,13-14,17H,11-12,15-16H2,1-6H3,(H,27,31). The number of likely N-dealkylation sites (N-methyl/N-ethyl adjacent to an activating group) is 1. The van der Waals surface area contributed by atoms with Crippen LogP contribution in [0.3, 0.4) is 0 Å². The van der Waals surface area contributed by atoms with Crippen LogP contribution in [0.2, 0.25) is 0 Å². The average Bonchev–Trinajstić information content (AvgIpc) is 3.33. The summed E-state index contributed by atoms with van der Waals surface area (Å²) >= 11 is 1.48. The van der Waals surface area contributed by atoms with Gasteiger partial charge < -0.3 is 24.1 Å². The molecule has 35 heavy (non-hydrogen) atoms. The molecule has 0 aliphatic carbocycles. The second-order valence-corrected chi connectivity index (χ2v) is 9.61. The molecule has 0 bridgehead atoms. The van der Waals surface area contributed by atoms with Crippen LogP contribution in [0.5, 0.6) is 11.5 Å². The van der Waals surface area contributed by atoms with Crippen molar-refractivity contribution in [3.8, 4) is 11.5 Å². The van der Waals surface area contributed by atoms with Crippen LogP contribution in [0.15, 0.2) is 46.0 Å². The number of rotatable bonds is 12. The minimum atomic E-state index is -0.194. The summed E-state index contributed by atoms with van der Waals surface area (Å²) in [6, 6.07) is 11.5. The SMILES string of the molecule is COc1ccc(CCN(C)c2cc(C)nc(SCc3ccc(C(=O)NCC(C)C)o3)n2)cc1OC. The number of anilines is 1. The number of benzene rings is 1. The predicted molar refractivity (Wildman–Crippen MR) is 139 cm³/mol. The third-order valence-corrected chi connectivity index (χ3v) is 6.16. The van der Waals surface area contributed by atoms with E-state index in [9.17, 15) is 4.79 Å². The highest BCUT2D eigenvalue weighted by atomic mass is 32.2. The van der Waals surface area contributed by atoms with Gasteiger partial charge in [0.05, 0.1) is 20.0 Å². The van der Waals surface area contributed by atoms with Crippen LogP contribution in [0, 0.1) is 12.8 Å². The average molecular weight is 499 g/mol. The molecule has 0 fully saturated rings. The molecule has 1 amide bonds. The molecule has 0 unspecified atom stereocenters. The largest absolute Gasteiger partial charge is 0.493 e. The van der Waals surface area contributed by atoms with Gasteiger partial charge >= 0.3 is 0 Å². The van der Waals surface area contributed by atoms with E-state index in [0.717, 1.165) is 41.5 Å². The molecule has 0 aliphatic rings. The Hall–Kier alpha value is -3.20. The third kappa shape index (κ3) is 7.65. The maximum atomic E-state index is 12.2. The Morgan fingerprint density at radius 2 is 1.89 bits per heavy atom. The molecule has 8 nitrogen and oxygen atoms in total. The molecular formula is C26H34N4O4S. The summed E-state index contributed by atoms with van der Waals surface area (Å²) in [5.74, 6) is 4.05. The van der Waals surface area contributed by atoms with Crippen molar-refractivity contribution in [3.63, 3.8) is 0 Å². The predicted octanol–water partition coefficient (Wildman–Crippen LogP) is 4.75. The first kappa shape index (κ1) is 26.4. The molecule has 1 N–H and O–H groups in total. The Kier molecular flexibility index (Phi) is 9.42. The first-order valence-electron chi connectivity index (χ1n) is 11.6. The summed E-state index contributed by atoms with van der Waals surface area (Å²) < 4.78 is 16.4. The molecule has 0 radical (unpaired) electrons. The van der Waals surface area contributed by atoms with Crippen LogP contribution in [-0.4, -0.2) is 50.2 Å². The Labute approximate surface area is 211 Å². The molecule has 2 aromatic heterocycles. The van der Waals surface area contributed by atoms with Gasteiger partial charge in [-0.1, -0.05) is 31.7 Å². The van der Waals surface area contributed by atoms with Crippen LogP contribution in [0.1, 0.15) is 41.4 Å². The van der Waals surface area contributed by atoms with Crippen LogP contribution < -0.4 is 19.7 Å². The highest BCUT2D eigenvalue weighted by Crippen LogP contribution is 2.28. The van der Waals surface area contributed by atoms with Gasteiger partial charge in [0.15, 0.2) is 22.4 Å². The number of methoxy groups -OCH3 is 2. The van der Waals surface area contributed by atoms with E-state index >= 15 is 0 Å². The van der Waals surface area contributed by atoms with E-state index in [1.54, 1.807) is 20.3 Å². The van der Waals surface area contributed by atoms with E-state index in [1.807, 2.05) is 58.2 Å². The second kappa shape index (κ2) is 12.5. The first-order chi connectivity index (χ1) is 16.8. The van der Waals surface area contributed by atoms with Crippen molar-refractivity contribution in [2.45, 2.75) is 38.1 Å². The van der Waals surface area contributed by atoms with Gasteiger partial charge in [-0.05, 0) is 49.1 Å². The van der Waals surface area contributed by atoms with Crippen LogP contribution in [0.25, 0.3) is 0 Å². The van der Waals surface area contributed by atoms with Crippen molar-refractivity contribution in [3.05, 3.63) is 59.2 Å². The molecule has 188 valence electrons. The lowest BCUT2D eigenvalue weighted by Gasteiger charge is -2.19. The lowest BCUT2D eigenvalue weighted by molar-refractivity contribution is 0.0920. The number of nitrogens with one attached hydrogen (secondary N) is 1. The van der Waals surface area contributed by atoms with Crippen molar-refractivity contribution in [2.24, 2.45) is 5.92 Å². The number of thioether (sulfide) groups is 1. The molecule has 1 aromatic carbocycles. The Balaban J connectivity index is 1.59. The number of hydrogen-bond donors (Lipinski definition) is 1. The number of carbonyl (C=O) groups excluding carboxylic acids is 1. The van der Waals surface area contributed by atoms with Gasteiger partial charge in [-0.2, -0.15) is 0 Å². The van der Waals surface area contributed by atoms with Gasteiger partial charge in [0.25, 0.3) is 5.91 Å². The molecule has 0 spiro atoms. The van der Waals surface area contributed by atoms with E-state index in [0.29, 0.717) is 34.9 Å².